The second-order valence-corrected chi connectivity index (χ2v) is 5.87. The Morgan fingerprint density at radius 2 is 2.15 bits per heavy atom. The van der Waals surface area contributed by atoms with Gasteiger partial charge in [-0.2, -0.15) is 10.1 Å². The van der Waals surface area contributed by atoms with Gasteiger partial charge in [0.25, 0.3) is 0 Å². The van der Waals surface area contributed by atoms with E-state index in [-0.39, 0.29) is 12.6 Å². The fraction of sp³-hybridized carbons (Fsp3) is 0.353. The standard InChI is InChI=1S/C17H21N7O2/c1-3-8-24-11-13(10-20-24)9-19-17(25)23(2)12-15-21-16(22-26-15)14-4-6-18-7-5-14/h4-7,10-11H,3,8-9,12H2,1-2H3,(H,19,25). The summed E-state index contributed by atoms with van der Waals surface area (Å²) in [6.45, 7) is 3.60. The van der Waals surface area contributed by atoms with Crippen molar-refractivity contribution in [1.29, 1.82) is 0 Å². The third-order valence-corrected chi connectivity index (χ3v) is 3.71. The Labute approximate surface area is 151 Å². The Morgan fingerprint density at radius 1 is 1.35 bits per heavy atom. The quantitative estimate of drug-likeness (QED) is 0.696. The van der Waals surface area contributed by atoms with E-state index in [9.17, 15) is 4.79 Å². The number of amides is 2. The van der Waals surface area contributed by atoms with E-state index in [1.807, 2.05) is 10.9 Å². The molecule has 0 saturated heterocycles. The smallest absolute Gasteiger partial charge is 0.317 e. The molecule has 1 N–H and O–H groups in total. The Hall–Kier alpha value is -3.23. The van der Waals surface area contributed by atoms with Crippen LogP contribution in [-0.2, 0) is 19.6 Å². The highest BCUT2D eigenvalue weighted by Crippen LogP contribution is 2.14. The maximum Gasteiger partial charge on any atom is 0.317 e. The monoisotopic (exact) mass is 355 g/mol. The molecule has 0 spiro atoms. The van der Waals surface area contributed by atoms with E-state index >= 15 is 0 Å². The highest BCUT2D eigenvalue weighted by Gasteiger charge is 2.14. The third-order valence-electron chi connectivity index (χ3n) is 3.71. The zero-order valence-electron chi connectivity index (χ0n) is 14.8. The highest BCUT2D eigenvalue weighted by atomic mass is 16.5. The van der Waals surface area contributed by atoms with Crippen molar-refractivity contribution >= 4 is 6.03 Å². The average molecular weight is 355 g/mol. The van der Waals surface area contributed by atoms with Crippen molar-refractivity contribution < 1.29 is 9.32 Å². The topological polar surface area (TPSA) is 102 Å². The first-order chi connectivity index (χ1) is 12.7. The van der Waals surface area contributed by atoms with Gasteiger partial charge in [0.15, 0.2) is 0 Å². The van der Waals surface area contributed by atoms with Gasteiger partial charge in [0.1, 0.15) is 6.54 Å². The summed E-state index contributed by atoms with van der Waals surface area (Å²) in [6.07, 6.45) is 8.03. The fourth-order valence-corrected chi connectivity index (χ4v) is 2.37. The number of urea groups is 1. The molecule has 3 aromatic heterocycles. The molecule has 0 unspecified atom stereocenters. The number of hydrogen-bond donors (Lipinski definition) is 1. The predicted molar refractivity (Wildman–Crippen MR) is 93.7 cm³/mol. The van der Waals surface area contributed by atoms with Crippen molar-refractivity contribution in [2.24, 2.45) is 0 Å². The Bertz CT molecular complexity index is 844. The van der Waals surface area contributed by atoms with Crippen molar-refractivity contribution in [3.05, 3.63) is 48.4 Å². The first-order valence-electron chi connectivity index (χ1n) is 8.39. The van der Waals surface area contributed by atoms with Crippen LogP contribution in [0.3, 0.4) is 0 Å². The van der Waals surface area contributed by atoms with Gasteiger partial charge in [0.2, 0.25) is 11.7 Å². The molecule has 3 heterocycles. The SMILES string of the molecule is CCCn1cc(CNC(=O)N(C)Cc2nc(-c3ccncc3)no2)cn1. The van der Waals surface area contributed by atoms with E-state index in [1.54, 1.807) is 37.8 Å². The van der Waals surface area contributed by atoms with E-state index in [4.69, 9.17) is 4.52 Å². The predicted octanol–water partition coefficient (Wildman–Crippen LogP) is 2.08. The molecule has 3 rings (SSSR count). The van der Waals surface area contributed by atoms with Crippen molar-refractivity contribution in [3.8, 4) is 11.4 Å². The Morgan fingerprint density at radius 3 is 2.92 bits per heavy atom. The van der Waals surface area contributed by atoms with Crippen molar-refractivity contribution in [1.82, 2.24) is 35.1 Å². The first kappa shape index (κ1) is 17.6. The van der Waals surface area contributed by atoms with Crippen LogP contribution in [0.25, 0.3) is 11.4 Å². The van der Waals surface area contributed by atoms with Gasteiger partial charge < -0.3 is 14.7 Å². The van der Waals surface area contributed by atoms with Crippen LogP contribution in [0.5, 0.6) is 0 Å². The lowest BCUT2D eigenvalue weighted by molar-refractivity contribution is 0.199. The van der Waals surface area contributed by atoms with Crippen LogP contribution >= 0.6 is 0 Å². The molecule has 0 aliphatic heterocycles. The molecular formula is C17H21N7O2. The molecule has 136 valence electrons. The molecule has 2 amide bonds. The van der Waals surface area contributed by atoms with Crippen molar-refractivity contribution in [2.45, 2.75) is 33.0 Å². The maximum atomic E-state index is 12.2. The minimum Gasteiger partial charge on any atom is -0.337 e. The molecule has 0 fully saturated rings. The number of nitrogens with zero attached hydrogens (tertiary/aromatic N) is 6. The maximum absolute atomic E-state index is 12.2. The Kier molecular flexibility index (Phi) is 5.57. The van der Waals surface area contributed by atoms with Crippen LogP contribution in [0.2, 0.25) is 0 Å². The minimum atomic E-state index is -0.225. The number of aryl methyl sites for hydroxylation is 1. The van der Waals surface area contributed by atoms with Gasteiger partial charge in [-0.15, -0.1) is 0 Å². The molecule has 9 nitrogen and oxygen atoms in total. The molecule has 0 saturated carbocycles. The lowest BCUT2D eigenvalue weighted by atomic mass is 10.2. The second-order valence-electron chi connectivity index (χ2n) is 5.87. The summed E-state index contributed by atoms with van der Waals surface area (Å²) in [5.41, 5.74) is 1.77. The summed E-state index contributed by atoms with van der Waals surface area (Å²) < 4.78 is 7.08. The largest absolute Gasteiger partial charge is 0.337 e. The van der Waals surface area contributed by atoms with Gasteiger partial charge in [-0.3, -0.25) is 9.67 Å². The molecule has 3 aromatic rings. The minimum absolute atomic E-state index is 0.221. The van der Waals surface area contributed by atoms with Crippen LogP contribution in [0.4, 0.5) is 4.79 Å². The summed E-state index contributed by atoms with van der Waals surface area (Å²) in [5.74, 6) is 0.838. The molecule has 0 aromatic carbocycles. The van der Waals surface area contributed by atoms with Crippen LogP contribution in [-0.4, -0.2) is 42.9 Å². The number of pyridine rings is 1. The third kappa shape index (κ3) is 4.44. The van der Waals surface area contributed by atoms with E-state index in [0.717, 1.165) is 24.1 Å². The number of aromatic nitrogens is 5. The van der Waals surface area contributed by atoms with Gasteiger partial charge in [-0.1, -0.05) is 12.1 Å². The average Bonchev–Trinajstić information content (AvgIpc) is 3.30. The fourth-order valence-electron chi connectivity index (χ4n) is 2.37. The summed E-state index contributed by atoms with van der Waals surface area (Å²) in [4.78, 5) is 22.0. The molecule has 0 aliphatic carbocycles. The van der Waals surface area contributed by atoms with E-state index in [0.29, 0.717) is 18.3 Å². The van der Waals surface area contributed by atoms with Gasteiger partial charge >= 0.3 is 6.03 Å². The number of rotatable bonds is 7. The van der Waals surface area contributed by atoms with Gasteiger partial charge in [-0.05, 0) is 18.6 Å². The van der Waals surface area contributed by atoms with E-state index < -0.39 is 0 Å². The van der Waals surface area contributed by atoms with Crippen LogP contribution in [0.1, 0.15) is 24.8 Å². The lowest BCUT2D eigenvalue weighted by Crippen LogP contribution is -2.36. The molecule has 0 bridgehead atoms. The van der Waals surface area contributed by atoms with Crippen LogP contribution < -0.4 is 5.32 Å². The zero-order valence-corrected chi connectivity index (χ0v) is 14.8. The molecular weight excluding hydrogens is 334 g/mol. The van der Waals surface area contributed by atoms with E-state index in [1.165, 1.54) is 4.90 Å². The highest BCUT2D eigenvalue weighted by molar-refractivity contribution is 5.73. The molecule has 0 atom stereocenters. The summed E-state index contributed by atoms with van der Waals surface area (Å²) in [6, 6.07) is 3.37. The first-order valence-corrected chi connectivity index (χ1v) is 8.39. The Balaban J connectivity index is 1.51. The lowest BCUT2D eigenvalue weighted by Gasteiger charge is -2.15. The second kappa shape index (κ2) is 8.24. The van der Waals surface area contributed by atoms with Crippen LogP contribution in [0.15, 0.2) is 41.4 Å². The normalized spacial score (nSPS) is 10.7. The van der Waals surface area contributed by atoms with E-state index in [2.05, 4.69) is 32.5 Å². The number of carbonyl (C=O) groups excluding carboxylic acids is 1. The summed E-state index contributed by atoms with van der Waals surface area (Å²) in [5, 5.41) is 11.0. The number of nitrogens with one attached hydrogen (secondary N) is 1. The van der Waals surface area contributed by atoms with Crippen molar-refractivity contribution in [2.75, 3.05) is 7.05 Å². The molecule has 0 radical (unpaired) electrons. The van der Waals surface area contributed by atoms with Crippen molar-refractivity contribution in [3.63, 3.8) is 0 Å². The zero-order chi connectivity index (χ0) is 18.4. The van der Waals surface area contributed by atoms with Gasteiger partial charge in [-0.25, -0.2) is 4.79 Å². The van der Waals surface area contributed by atoms with Crippen LogP contribution in [0, 0.1) is 0 Å². The molecule has 9 heteroatoms. The van der Waals surface area contributed by atoms with Gasteiger partial charge in [0.05, 0.1) is 6.20 Å². The number of carbonyl (C=O) groups is 1. The molecule has 0 aliphatic rings. The summed E-state index contributed by atoms with van der Waals surface area (Å²) in [7, 11) is 1.67. The summed E-state index contributed by atoms with van der Waals surface area (Å²) >= 11 is 0. The number of hydrogen-bond acceptors (Lipinski definition) is 6. The van der Waals surface area contributed by atoms with Gasteiger partial charge in [0, 0.05) is 49.9 Å². The molecule has 26 heavy (non-hydrogen) atoms.